The van der Waals surface area contributed by atoms with Crippen molar-refractivity contribution < 1.29 is 9.59 Å². The zero-order chi connectivity index (χ0) is 20.2. The molecule has 150 valence electrons. The Labute approximate surface area is 176 Å². The van der Waals surface area contributed by atoms with E-state index in [2.05, 4.69) is 34.1 Å². The SMILES string of the molecule is O=C1C[C@@H](N2CCN(C/C=C/c3ccccc3)CC2)C(=O)N1c1ccc(Cl)cc1. The summed E-state index contributed by atoms with van der Waals surface area (Å²) in [5.41, 5.74) is 1.79. The highest BCUT2D eigenvalue weighted by Crippen LogP contribution is 2.27. The van der Waals surface area contributed by atoms with Gasteiger partial charge in [0.25, 0.3) is 5.91 Å². The van der Waals surface area contributed by atoms with E-state index < -0.39 is 0 Å². The van der Waals surface area contributed by atoms with Gasteiger partial charge in [0, 0.05) is 37.7 Å². The molecule has 0 bridgehead atoms. The lowest BCUT2D eigenvalue weighted by molar-refractivity contribution is -0.123. The fourth-order valence-corrected chi connectivity index (χ4v) is 4.05. The zero-order valence-electron chi connectivity index (χ0n) is 16.2. The van der Waals surface area contributed by atoms with E-state index in [1.165, 1.54) is 10.5 Å². The molecule has 2 aromatic carbocycles. The number of halogens is 1. The molecule has 0 aromatic heterocycles. The Morgan fingerprint density at radius 3 is 2.31 bits per heavy atom. The third kappa shape index (κ3) is 4.58. The predicted molar refractivity (Wildman–Crippen MR) is 116 cm³/mol. The van der Waals surface area contributed by atoms with Crippen LogP contribution in [0.3, 0.4) is 0 Å². The number of hydrogen-bond donors (Lipinski definition) is 0. The molecule has 2 aliphatic rings. The van der Waals surface area contributed by atoms with Crippen LogP contribution in [0.2, 0.25) is 5.02 Å². The first-order valence-electron chi connectivity index (χ1n) is 9.92. The van der Waals surface area contributed by atoms with E-state index in [0.717, 1.165) is 32.7 Å². The smallest absolute Gasteiger partial charge is 0.251 e. The molecular formula is C23H24ClN3O2. The van der Waals surface area contributed by atoms with E-state index in [1.807, 2.05) is 18.2 Å². The van der Waals surface area contributed by atoms with Crippen LogP contribution in [0.25, 0.3) is 6.08 Å². The molecule has 29 heavy (non-hydrogen) atoms. The number of carbonyl (C=O) groups excluding carboxylic acids is 2. The lowest BCUT2D eigenvalue weighted by Gasteiger charge is -2.36. The van der Waals surface area contributed by atoms with E-state index in [1.54, 1.807) is 24.3 Å². The third-order valence-corrected chi connectivity index (χ3v) is 5.78. The number of imide groups is 1. The molecular weight excluding hydrogens is 386 g/mol. The third-order valence-electron chi connectivity index (χ3n) is 5.53. The molecule has 4 rings (SSSR count). The van der Waals surface area contributed by atoms with Gasteiger partial charge in [-0.25, -0.2) is 4.90 Å². The molecule has 2 aliphatic heterocycles. The Bertz CT molecular complexity index is 890. The normalized spacial score (nSPS) is 21.4. The number of piperazine rings is 1. The first-order chi connectivity index (χ1) is 14.1. The molecule has 0 N–H and O–H groups in total. The van der Waals surface area contributed by atoms with Gasteiger partial charge in [-0.1, -0.05) is 54.1 Å². The summed E-state index contributed by atoms with van der Waals surface area (Å²) >= 11 is 5.92. The average Bonchev–Trinajstić information content (AvgIpc) is 3.04. The number of carbonyl (C=O) groups is 2. The number of nitrogens with zero attached hydrogens (tertiary/aromatic N) is 3. The largest absolute Gasteiger partial charge is 0.297 e. The lowest BCUT2D eigenvalue weighted by atomic mass is 10.1. The van der Waals surface area contributed by atoms with Gasteiger partial charge >= 0.3 is 0 Å². The van der Waals surface area contributed by atoms with Crippen LogP contribution in [0.1, 0.15) is 12.0 Å². The van der Waals surface area contributed by atoms with Crippen LogP contribution in [0.4, 0.5) is 5.69 Å². The fraction of sp³-hybridized carbons (Fsp3) is 0.304. The van der Waals surface area contributed by atoms with Gasteiger partial charge in [-0.2, -0.15) is 0 Å². The second-order valence-electron chi connectivity index (χ2n) is 7.41. The average molecular weight is 410 g/mol. The van der Waals surface area contributed by atoms with Crippen LogP contribution in [0, 0.1) is 0 Å². The summed E-state index contributed by atoms with van der Waals surface area (Å²) in [6, 6.07) is 16.7. The van der Waals surface area contributed by atoms with Crippen molar-refractivity contribution in [1.82, 2.24) is 9.80 Å². The molecule has 0 aliphatic carbocycles. The number of hydrogen-bond acceptors (Lipinski definition) is 4. The van der Waals surface area contributed by atoms with Crippen LogP contribution in [0.15, 0.2) is 60.7 Å². The van der Waals surface area contributed by atoms with Crippen LogP contribution in [-0.4, -0.2) is 60.4 Å². The van der Waals surface area contributed by atoms with Crippen molar-refractivity contribution in [1.29, 1.82) is 0 Å². The monoisotopic (exact) mass is 409 g/mol. The molecule has 5 nitrogen and oxygen atoms in total. The second kappa shape index (κ2) is 8.91. The topological polar surface area (TPSA) is 43.9 Å². The van der Waals surface area contributed by atoms with Crippen LogP contribution in [0.5, 0.6) is 0 Å². The predicted octanol–water partition coefficient (Wildman–Crippen LogP) is 3.30. The second-order valence-corrected chi connectivity index (χ2v) is 7.85. The zero-order valence-corrected chi connectivity index (χ0v) is 17.0. The number of benzene rings is 2. The summed E-state index contributed by atoms with van der Waals surface area (Å²) in [5, 5.41) is 0.585. The molecule has 0 radical (unpaired) electrons. The summed E-state index contributed by atoms with van der Waals surface area (Å²) in [6.45, 7) is 4.24. The molecule has 2 fully saturated rings. The van der Waals surface area contributed by atoms with Crippen LogP contribution < -0.4 is 4.90 Å². The van der Waals surface area contributed by atoms with Gasteiger partial charge in [-0.05, 0) is 29.8 Å². The molecule has 2 heterocycles. The summed E-state index contributed by atoms with van der Waals surface area (Å²) in [5.74, 6) is -0.273. The van der Waals surface area contributed by atoms with E-state index in [0.29, 0.717) is 10.7 Å². The van der Waals surface area contributed by atoms with Crippen molar-refractivity contribution >= 4 is 35.2 Å². The maximum absolute atomic E-state index is 12.9. The maximum atomic E-state index is 12.9. The van der Waals surface area contributed by atoms with Crippen LogP contribution in [-0.2, 0) is 9.59 Å². The van der Waals surface area contributed by atoms with Crippen molar-refractivity contribution in [3.05, 3.63) is 71.3 Å². The summed E-state index contributed by atoms with van der Waals surface area (Å²) in [4.78, 5) is 31.2. The lowest BCUT2D eigenvalue weighted by Crippen LogP contribution is -2.52. The Morgan fingerprint density at radius 2 is 1.62 bits per heavy atom. The van der Waals surface area contributed by atoms with Gasteiger partial charge in [0.15, 0.2) is 0 Å². The highest BCUT2D eigenvalue weighted by molar-refractivity contribution is 6.30. The van der Waals surface area contributed by atoms with E-state index in [9.17, 15) is 9.59 Å². The Hall–Kier alpha value is -2.47. The van der Waals surface area contributed by atoms with Crippen molar-refractivity contribution in [2.24, 2.45) is 0 Å². The van der Waals surface area contributed by atoms with Crippen LogP contribution >= 0.6 is 11.6 Å². The minimum atomic E-state index is -0.361. The van der Waals surface area contributed by atoms with Gasteiger partial charge in [0.1, 0.15) is 0 Å². The molecule has 1 atom stereocenters. The van der Waals surface area contributed by atoms with Crippen molar-refractivity contribution in [3.63, 3.8) is 0 Å². The summed E-state index contributed by atoms with van der Waals surface area (Å²) in [7, 11) is 0. The van der Waals surface area contributed by atoms with Gasteiger partial charge < -0.3 is 0 Å². The highest BCUT2D eigenvalue weighted by atomic mass is 35.5. The highest BCUT2D eigenvalue weighted by Gasteiger charge is 2.43. The van der Waals surface area contributed by atoms with E-state index in [4.69, 9.17) is 11.6 Å². The summed E-state index contributed by atoms with van der Waals surface area (Å²) < 4.78 is 0. The molecule has 6 heteroatoms. The molecule has 2 aromatic rings. The Balaban J connectivity index is 1.31. The molecule has 2 amide bonds. The van der Waals surface area contributed by atoms with E-state index in [-0.39, 0.29) is 24.3 Å². The number of rotatable bonds is 5. The molecule has 2 saturated heterocycles. The Kier molecular flexibility index (Phi) is 6.09. The number of amides is 2. The fourth-order valence-electron chi connectivity index (χ4n) is 3.92. The standard InChI is InChI=1S/C23H24ClN3O2/c24-19-8-10-20(11-9-19)27-22(28)17-21(23(27)29)26-15-13-25(14-16-26)12-4-7-18-5-2-1-3-6-18/h1-11,21H,12-17H2/b7-4+/t21-/m1/s1. The molecule has 0 saturated carbocycles. The van der Waals surface area contributed by atoms with E-state index >= 15 is 0 Å². The van der Waals surface area contributed by atoms with Crippen molar-refractivity contribution in [3.8, 4) is 0 Å². The minimum absolute atomic E-state index is 0.130. The van der Waals surface area contributed by atoms with Gasteiger partial charge in [0.2, 0.25) is 5.91 Å². The van der Waals surface area contributed by atoms with Crippen molar-refractivity contribution in [2.45, 2.75) is 12.5 Å². The van der Waals surface area contributed by atoms with Gasteiger partial charge in [-0.15, -0.1) is 0 Å². The first kappa shape index (κ1) is 19.8. The number of anilines is 1. The molecule has 0 unspecified atom stereocenters. The maximum Gasteiger partial charge on any atom is 0.251 e. The quantitative estimate of drug-likeness (QED) is 0.711. The minimum Gasteiger partial charge on any atom is -0.297 e. The van der Waals surface area contributed by atoms with Gasteiger partial charge in [0.05, 0.1) is 18.2 Å². The van der Waals surface area contributed by atoms with Crippen molar-refractivity contribution in [2.75, 3.05) is 37.6 Å². The van der Waals surface area contributed by atoms with Gasteiger partial charge in [-0.3, -0.25) is 19.4 Å². The molecule has 0 spiro atoms. The summed E-state index contributed by atoms with van der Waals surface area (Å²) in [6.07, 6.45) is 4.56. The first-order valence-corrected chi connectivity index (χ1v) is 10.3. The Morgan fingerprint density at radius 1 is 0.931 bits per heavy atom.